The molecule has 4 aromatic heterocycles. The maximum Gasteiger partial charge on any atom is 0.261 e. The highest BCUT2D eigenvalue weighted by Crippen LogP contribution is 2.33. The highest BCUT2D eigenvalue weighted by atomic mass is 16.2. The summed E-state index contributed by atoms with van der Waals surface area (Å²) in [5, 5.41) is 7.99. The van der Waals surface area contributed by atoms with Gasteiger partial charge in [0.2, 0.25) is 0 Å². The summed E-state index contributed by atoms with van der Waals surface area (Å²) < 4.78 is 1.65. The number of hydrogen-bond acceptors (Lipinski definition) is 7. The average Bonchev–Trinajstić information content (AvgIpc) is 3.63. The van der Waals surface area contributed by atoms with Crippen molar-refractivity contribution in [3.63, 3.8) is 0 Å². The van der Waals surface area contributed by atoms with Crippen LogP contribution in [-0.2, 0) is 7.05 Å². The molecular formula is C26H27N9O2. The van der Waals surface area contributed by atoms with E-state index in [1.807, 2.05) is 30.9 Å². The minimum absolute atomic E-state index is 0.0276. The molecule has 1 aliphatic heterocycles. The van der Waals surface area contributed by atoms with Crippen molar-refractivity contribution in [2.45, 2.75) is 32.7 Å². The lowest BCUT2D eigenvalue weighted by Crippen LogP contribution is -2.28. The Balaban J connectivity index is 1.48. The third-order valence-electron chi connectivity index (χ3n) is 6.81. The van der Waals surface area contributed by atoms with E-state index < -0.39 is 0 Å². The first kappa shape index (κ1) is 22.9. The van der Waals surface area contributed by atoms with Crippen LogP contribution in [0.2, 0.25) is 0 Å². The number of benzene rings is 1. The van der Waals surface area contributed by atoms with Crippen molar-refractivity contribution in [3.05, 3.63) is 64.1 Å². The molecule has 37 heavy (non-hydrogen) atoms. The first-order valence-corrected chi connectivity index (χ1v) is 12.3. The fraction of sp³-hybridized carbons (Fsp3) is 0.308. The van der Waals surface area contributed by atoms with Crippen molar-refractivity contribution in [2.75, 3.05) is 18.4 Å². The molecule has 5 heterocycles. The number of imidazole rings is 1. The summed E-state index contributed by atoms with van der Waals surface area (Å²) in [4.78, 5) is 48.0. The average molecular weight is 498 g/mol. The molecule has 6 rings (SSSR count). The van der Waals surface area contributed by atoms with Crippen LogP contribution in [0.5, 0.6) is 0 Å². The maximum absolute atomic E-state index is 13.4. The SMILES string of the molecule is Cc1cc2nc(-c3c(NC(C)c4ncccn4)c4nn(C)cc4[nH]c3=O)[nH]c2cc1C(=O)N1CCCC1. The topological polar surface area (TPSA) is 137 Å². The van der Waals surface area contributed by atoms with E-state index in [0.717, 1.165) is 31.5 Å². The summed E-state index contributed by atoms with van der Waals surface area (Å²) in [6.45, 7) is 5.40. The quantitative estimate of drug-likeness (QED) is 0.339. The minimum Gasteiger partial charge on any atom is -0.373 e. The number of carbonyl (C=O) groups excluding carboxylic acids is 1. The number of rotatable bonds is 5. The second-order valence-electron chi connectivity index (χ2n) is 9.51. The van der Waals surface area contributed by atoms with E-state index >= 15 is 0 Å². The molecular weight excluding hydrogens is 470 g/mol. The van der Waals surface area contributed by atoms with Crippen molar-refractivity contribution < 1.29 is 4.79 Å². The zero-order chi connectivity index (χ0) is 25.7. The molecule has 3 N–H and O–H groups in total. The van der Waals surface area contributed by atoms with E-state index in [9.17, 15) is 9.59 Å². The van der Waals surface area contributed by atoms with Crippen LogP contribution in [0, 0.1) is 6.92 Å². The van der Waals surface area contributed by atoms with Gasteiger partial charge >= 0.3 is 0 Å². The zero-order valence-electron chi connectivity index (χ0n) is 20.9. The van der Waals surface area contributed by atoms with E-state index in [0.29, 0.717) is 50.5 Å². The Kier molecular flexibility index (Phi) is 5.47. The van der Waals surface area contributed by atoms with Gasteiger partial charge in [-0.2, -0.15) is 5.10 Å². The van der Waals surface area contributed by atoms with Crippen LogP contribution in [0.15, 0.2) is 41.6 Å². The molecule has 0 bridgehead atoms. The van der Waals surface area contributed by atoms with E-state index in [4.69, 9.17) is 4.98 Å². The molecule has 0 radical (unpaired) electrons. The smallest absolute Gasteiger partial charge is 0.261 e. The molecule has 1 saturated heterocycles. The molecule has 11 nitrogen and oxygen atoms in total. The first-order chi connectivity index (χ1) is 17.9. The number of nitrogens with one attached hydrogen (secondary N) is 3. The minimum atomic E-state index is -0.312. The van der Waals surface area contributed by atoms with Crippen molar-refractivity contribution in [1.29, 1.82) is 0 Å². The summed E-state index contributed by atoms with van der Waals surface area (Å²) in [6, 6.07) is 5.18. The van der Waals surface area contributed by atoms with Crippen molar-refractivity contribution in [1.82, 2.24) is 39.6 Å². The molecule has 1 unspecified atom stereocenters. The predicted molar refractivity (Wildman–Crippen MR) is 140 cm³/mol. The summed E-state index contributed by atoms with van der Waals surface area (Å²) in [5.74, 6) is 1.00. The molecule has 0 aliphatic carbocycles. The number of fused-ring (bicyclic) bond motifs is 2. The molecule has 1 fully saturated rings. The number of aryl methyl sites for hydroxylation is 2. The largest absolute Gasteiger partial charge is 0.373 e. The number of hydrogen-bond donors (Lipinski definition) is 3. The molecule has 188 valence electrons. The normalized spacial score (nSPS) is 14.5. The fourth-order valence-electron chi connectivity index (χ4n) is 4.96. The third kappa shape index (κ3) is 4.02. The van der Waals surface area contributed by atoms with Gasteiger partial charge < -0.3 is 20.2 Å². The van der Waals surface area contributed by atoms with E-state index in [-0.39, 0.29) is 17.5 Å². The van der Waals surface area contributed by atoms with Gasteiger partial charge in [0.25, 0.3) is 11.5 Å². The molecule has 1 amide bonds. The Morgan fingerprint density at radius 3 is 2.62 bits per heavy atom. The number of nitrogens with zero attached hydrogens (tertiary/aromatic N) is 6. The van der Waals surface area contributed by atoms with Crippen molar-refractivity contribution in [3.8, 4) is 11.4 Å². The van der Waals surface area contributed by atoms with Gasteiger partial charge in [-0.1, -0.05) is 0 Å². The molecule has 0 spiro atoms. The summed E-state index contributed by atoms with van der Waals surface area (Å²) in [5.41, 5.74) is 4.61. The number of aromatic nitrogens is 7. The number of anilines is 1. The van der Waals surface area contributed by atoms with Crippen LogP contribution in [0.3, 0.4) is 0 Å². The Labute approximate surface area is 212 Å². The number of amides is 1. The lowest BCUT2D eigenvalue weighted by molar-refractivity contribution is 0.0792. The van der Waals surface area contributed by atoms with Gasteiger partial charge in [-0.25, -0.2) is 15.0 Å². The van der Waals surface area contributed by atoms with Gasteiger partial charge in [-0.15, -0.1) is 0 Å². The lowest BCUT2D eigenvalue weighted by atomic mass is 10.1. The Morgan fingerprint density at radius 1 is 1.11 bits per heavy atom. The van der Waals surface area contributed by atoms with Crippen molar-refractivity contribution >= 4 is 33.7 Å². The number of carbonyl (C=O) groups is 1. The Bertz CT molecular complexity index is 1690. The van der Waals surface area contributed by atoms with Gasteiger partial charge in [0.05, 0.1) is 28.3 Å². The molecule has 0 saturated carbocycles. The monoisotopic (exact) mass is 497 g/mol. The number of likely N-dealkylation sites (tertiary alicyclic amines) is 1. The van der Waals surface area contributed by atoms with Crippen LogP contribution < -0.4 is 10.9 Å². The number of H-pyrrole nitrogens is 2. The zero-order valence-corrected chi connectivity index (χ0v) is 20.9. The second kappa shape index (κ2) is 8.84. The van der Waals surface area contributed by atoms with Gasteiger partial charge in [0, 0.05) is 44.3 Å². The van der Waals surface area contributed by atoms with Crippen LogP contribution >= 0.6 is 0 Å². The Hall–Kier alpha value is -4.54. The summed E-state index contributed by atoms with van der Waals surface area (Å²) in [7, 11) is 1.80. The molecule has 11 heteroatoms. The van der Waals surface area contributed by atoms with Crippen LogP contribution in [0.1, 0.15) is 47.6 Å². The standard InChI is InChI=1S/C26H27N9O2/c1-14-11-17-18(12-16(14)26(37)35-9-4-5-10-35)31-24(30-17)20-22(29-15(2)23-27-7-6-8-28-23)21-19(32-25(20)36)13-34(3)33-21/h6-8,11-13,15,29H,4-5,9-10H2,1-3H3,(H,30,31)(H,32,36). The highest BCUT2D eigenvalue weighted by molar-refractivity contribution is 6.00. The van der Waals surface area contributed by atoms with Gasteiger partial charge in [-0.3, -0.25) is 14.3 Å². The van der Waals surface area contributed by atoms with E-state index in [2.05, 4.69) is 30.4 Å². The fourth-order valence-corrected chi connectivity index (χ4v) is 4.96. The van der Waals surface area contributed by atoms with E-state index in [1.165, 1.54) is 0 Å². The van der Waals surface area contributed by atoms with Crippen LogP contribution in [0.25, 0.3) is 33.5 Å². The number of aromatic amines is 2. The molecule has 1 aliphatic rings. The van der Waals surface area contributed by atoms with E-state index in [1.54, 1.807) is 36.4 Å². The van der Waals surface area contributed by atoms with Crippen LogP contribution in [0.4, 0.5) is 5.69 Å². The second-order valence-corrected chi connectivity index (χ2v) is 9.51. The molecule has 5 aromatic rings. The predicted octanol–water partition coefficient (Wildman–Crippen LogP) is 3.31. The Morgan fingerprint density at radius 2 is 1.86 bits per heavy atom. The lowest BCUT2D eigenvalue weighted by Gasteiger charge is -2.16. The first-order valence-electron chi connectivity index (χ1n) is 12.3. The van der Waals surface area contributed by atoms with Gasteiger partial charge in [0.1, 0.15) is 22.7 Å². The molecule has 1 atom stereocenters. The maximum atomic E-state index is 13.4. The van der Waals surface area contributed by atoms with Gasteiger partial charge in [0.15, 0.2) is 0 Å². The number of pyridine rings is 1. The van der Waals surface area contributed by atoms with Gasteiger partial charge in [-0.05, 0) is 50.5 Å². The summed E-state index contributed by atoms with van der Waals surface area (Å²) >= 11 is 0. The third-order valence-corrected chi connectivity index (χ3v) is 6.81. The van der Waals surface area contributed by atoms with Crippen LogP contribution in [-0.4, -0.2) is 58.6 Å². The molecule has 1 aromatic carbocycles. The highest BCUT2D eigenvalue weighted by Gasteiger charge is 2.25. The van der Waals surface area contributed by atoms with Crippen molar-refractivity contribution in [2.24, 2.45) is 7.05 Å². The summed E-state index contributed by atoms with van der Waals surface area (Å²) in [6.07, 6.45) is 7.18.